The van der Waals surface area contributed by atoms with Gasteiger partial charge in [-0.25, -0.2) is 0 Å². The summed E-state index contributed by atoms with van der Waals surface area (Å²) in [4.78, 5) is 0. The molecule has 0 aliphatic carbocycles. The van der Waals surface area contributed by atoms with Crippen LogP contribution in [0.2, 0.25) is 0 Å². The maximum Gasteiger partial charge on any atom is 0.134 e. The SMILES string of the molecule is Cc1ccc(-c2ccc(CN)o2)cc1Br. The Morgan fingerprint density at radius 2 is 2.07 bits per heavy atom. The predicted octanol–water partition coefficient (Wildman–Crippen LogP) is 3.48. The average Bonchev–Trinajstić information content (AvgIpc) is 2.70. The van der Waals surface area contributed by atoms with E-state index in [1.165, 1.54) is 5.56 Å². The summed E-state index contributed by atoms with van der Waals surface area (Å²) in [5, 5.41) is 0. The predicted molar refractivity (Wildman–Crippen MR) is 64.5 cm³/mol. The maximum atomic E-state index is 5.57. The fourth-order valence-electron chi connectivity index (χ4n) is 1.39. The second-order valence-electron chi connectivity index (χ2n) is 3.43. The van der Waals surface area contributed by atoms with Gasteiger partial charge in [0.15, 0.2) is 0 Å². The normalized spacial score (nSPS) is 10.6. The lowest BCUT2D eigenvalue weighted by Gasteiger charge is -2.01. The fourth-order valence-corrected chi connectivity index (χ4v) is 1.77. The van der Waals surface area contributed by atoms with Crippen LogP contribution in [-0.4, -0.2) is 0 Å². The average molecular weight is 266 g/mol. The van der Waals surface area contributed by atoms with E-state index in [1.807, 2.05) is 18.2 Å². The van der Waals surface area contributed by atoms with Crippen LogP contribution < -0.4 is 5.73 Å². The Morgan fingerprint density at radius 3 is 2.67 bits per heavy atom. The molecule has 0 aliphatic rings. The van der Waals surface area contributed by atoms with Crippen molar-refractivity contribution < 1.29 is 4.42 Å². The molecule has 0 fully saturated rings. The van der Waals surface area contributed by atoms with E-state index in [0.29, 0.717) is 6.54 Å². The Balaban J connectivity index is 2.40. The molecule has 0 amide bonds. The Hall–Kier alpha value is -1.06. The van der Waals surface area contributed by atoms with Crippen LogP contribution in [0.15, 0.2) is 39.2 Å². The van der Waals surface area contributed by atoms with Crippen molar-refractivity contribution in [1.82, 2.24) is 0 Å². The third kappa shape index (κ3) is 2.13. The molecule has 2 rings (SSSR count). The smallest absolute Gasteiger partial charge is 0.134 e. The Kier molecular flexibility index (Phi) is 2.93. The van der Waals surface area contributed by atoms with E-state index < -0.39 is 0 Å². The van der Waals surface area contributed by atoms with Gasteiger partial charge in [0.1, 0.15) is 11.5 Å². The lowest BCUT2D eigenvalue weighted by atomic mass is 10.1. The van der Waals surface area contributed by atoms with Crippen LogP contribution in [-0.2, 0) is 6.54 Å². The number of furan rings is 1. The minimum absolute atomic E-state index is 0.438. The molecule has 0 unspecified atom stereocenters. The molecule has 0 saturated carbocycles. The number of rotatable bonds is 2. The van der Waals surface area contributed by atoms with Gasteiger partial charge in [-0.05, 0) is 30.7 Å². The van der Waals surface area contributed by atoms with E-state index in [2.05, 4.69) is 35.0 Å². The van der Waals surface area contributed by atoms with E-state index in [1.54, 1.807) is 0 Å². The molecule has 1 aromatic heterocycles. The van der Waals surface area contributed by atoms with Gasteiger partial charge in [0.25, 0.3) is 0 Å². The highest BCUT2D eigenvalue weighted by molar-refractivity contribution is 9.10. The standard InChI is InChI=1S/C12H12BrNO/c1-8-2-3-9(6-11(8)13)12-5-4-10(7-14)15-12/h2-6H,7,14H2,1H3. The molecule has 2 aromatic rings. The van der Waals surface area contributed by atoms with Crippen LogP contribution in [0.25, 0.3) is 11.3 Å². The number of benzene rings is 1. The van der Waals surface area contributed by atoms with E-state index in [-0.39, 0.29) is 0 Å². The highest BCUT2D eigenvalue weighted by Gasteiger charge is 2.05. The van der Waals surface area contributed by atoms with Crippen LogP contribution in [0.5, 0.6) is 0 Å². The van der Waals surface area contributed by atoms with Crippen molar-refractivity contribution in [3.05, 3.63) is 46.1 Å². The highest BCUT2D eigenvalue weighted by Crippen LogP contribution is 2.26. The molecule has 3 heteroatoms. The zero-order chi connectivity index (χ0) is 10.8. The van der Waals surface area contributed by atoms with Crippen LogP contribution in [0.1, 0.15) is 11.3 Å². The largest absolute Gasteiger partial charge is 0.460 e. The summed E-state index contributed by atoms with van der Waals surface area (Å²) >= 11 is 3.50. The summed E-state index contributed by atoms with van der Waals surface area (Å²) in [5.41, 5.74) is 7.77. The van der Waals surface area contributed by atoms with Crippen LogP contribution >= 0.6 is 15.9 Å². The topological polar surface area (TPSA) is 39.2 Å². The summed E-state index contributed by atoms with van der Waals surface area (Å²) in [5.74, 6) is 1.66. The Labute approximate surface area is 97.2 Å². The zero-order valence-corrected chi connectivity index (χ0v) is 10.0. The molecule has 15 heavy (non-hydrogen) atoms. The summed E-state index contributed by atoms with van der Waals surface area (Å²) in [6.45, 7) is 2.49. The molecule has 78 valence electrons. The van der Waals surface area contributed by atoms with Gasteiger partial charge >= 0.3 is 0 Å². The highest BCUT2D eigenvalue weighted by atomic mass is 79.9. The first-order chi connectivity index (χ1) is 7.20. The van der Waals surface area contributed by atoms with Gasteiger partial charge in [-0.1, -0.05) is 28.1 Å². The number of hydrogen-bond donors (Lipinski definition) is 1. The molecular weight excluding hydrogens is 254 g/mol. The number of aryl methyl sites for hydroxylation is 1. The lowest BCUT2D eigenvalue weighted by molar-refractivity contribution is 0.525. The molecule has 0 saturated heterocycles. The van der Waals surface area contributed by atoms with E-state index in [9.17, 15) is 0 Å². The molecule has 1 heterocycles. The first-order valence-electron chi connectivity index (χ1n) is 4.76. The molecule has 0 spiro atoms. The third-order valence-corrected chi connectivity index (χ3v) is 3.17. The second kappa shape index (κ2) is 4.21. The van der Waals surface area contributed by atoms with Gasteiger partial charge in [0.05, 0.1) is 6.54 Å². The van der Waals surface area contributed by atoms with Gasteiger partial charge in [0, 0.05) is 10.0 Å². The van der Waals surface area contributed by atoms with Crippen molar-refractivity contribution in [2.45, 2.75) is 13.5 Å². The maximum absolute atomic E-state index is 5.57. The number of hydrogen-bond acceptors (Lipinski definition) is 2. The molecule has 1 aromatic carbocycles. The Morgan fingerprint density at radius 1 is 1.27 bits per heavy atom. The zero-order valence-electron chi connectivity index (χ0n) is 8.46. The minimum Gasteiger partial charge on any atom is -0.460 e. The summed E-state index contributed by atoms with van der Waals surface area (Å²) in [6, 6.07) is 10.0. The molecule has 0 atom stereocenters. The number of halogens is 1. The molecular formula is C12H12BrNO. The van der Waals surface area contributed by atoms with Crippen molar-refractivity contribution in [2.24, 2.45) is 5.73 Å². The minimum atomic E-state index is 0.438. The van der Waals surface area contributed by atoms with E-state index in [0.717, 1.165) is 21.6 Å². The van der Waals surface area contributed by atoms with Crippen molar-refractivity contribution in [1.29, 1.82) is 0 Å². The summed E-state index contributed by atoms with van der Waals surface area (Å²) in [7, 11) is 0. The van der Waals surface area contributed by atoms with Crippen LogP contribution in [0, 0.1) is 6.92 Å². The van der Waals surface area contributed by atoms with Crippen LogP contribution in [0.4, 0.5) is 0 Å². The van der Waals surface area contributed by atoms with Crippen molar-refractivity contribution >= 4 is 15.9 Å². The van der Waals surface area contributed by atoms with Gasteiger partial charge in [-0.15, -0.1) is 0 Å². The van der Waals surface area contributed by atoms with Crippen molar-refractivity contribution in [3.63, 3.8) is 0 Å². The molecule has 2 N–H and O–H groups in total. The second-order valence-corrected chi connectivity index (χ2v) is 4.29. The lowest BCUT2D eigenvalue weighted by Crippen LogP contribution is -1.92. The molecule has 0 bridgehead atoms. The molecule has 2 nitrogen and oxygen atoms in total. The van der Waals surface area contributed by atoms with Gasteiger partial charge in [-0.3, -0.25) is 0 Å². The van der Waals surface area contributed by atoms with Gasteiger partial charge < -0.3 is 10.2 Å². The van der Waals surface area contributed by atoms with Crippen LogP contribution in [0.3, 0.4) is 0 Å². The van der Waals surface area contributed by atoms with Crippen molar-refractivity contribution in [3.8, 4) is 11.3 Å². The summed E-state index contributed by atoms with van der Waals surface area (Å²) < 4.78 is 6.66. The monoisotopic (exact) mass is 265 g/mol. The third-order valence-electron chi connectivity index (χ3n) is 2.32. The first-order valence-corrected chi connectivity index (χ1v) is 5.55. The van der Waals surface area contributed by atoms with Crippen molar-refractivity contribution in [2.75, 3.05) is 0 Å². The molecule has 0 aliphatic heterocycles. The quantitative estimate of drug-likeness (QED) is 0.903. The number of nitrogens with two attached hydrogens (primary N) is 1. The van der Waals surface area contributed by atoms with Gasteiger partial charge in [-0.2, -0.15) is 0 Å². The fraction of sp³-hybridized carbons (Fsp3) is 0.167. The van der Waals surface area contributed by atoms with E-state index >= 15 is 0 Å². The van der Waals surface area contributed by atoms with Gasteiger partial charge in [0.2, 0.25) is 0 Å². The van der Waals surface area contributed by atoms with E-state index in [4.69, 9.17) is 10.2 Å². The first kappa shape index (κ1) is 10.5. The summed E-state index contributed by atoms with van der Waals surface area (Å²) in [6.07, 6.45) is 0. The Bertz CT molecular complexity index is 476. The molecule has 0 radical (unpaired) electrons.